The highest BCUT2D eigenvalue weighted by Crippen LogP contribution is 2.20. The number of pyridine rings is 1. The topological polar surface area (TPSA) is 79.4 Å². The van der Waals surface area contributed by atoms with Crippen LogP contribution in [0.5, 0.6) is 0 Å². The van der Waals surface area contributed by atoms with Gasteiger partial charge in [0.2, 0.25) is 0 Å². The zero-order valence-electron chi connectivity index (χ0n) is 10.9. The monoisotopic (exact) mass is 264 g/mol. The molecule has 3 aromatic rings. The quantitative estimate of drug-likeness (QED) is 0.781. The number of hydrogen-bond acceptors (Lipinski definition) is 5. The van der Waals surface area contributed by atoms with E-state index in [1.807, 2.05) is 35.9 Å². The number of hydrogen-bond donors (Lipinski definition) is 1. The molecule has 0 aliphatic heterocycles. The third-order valence-corrected chi connectivity index (χ3v) is 3.07. The molecule has 6 heteroatoms. The second-order valence-corrected chi connectivity index (χ2v) is 4.40. The molecule has 20 heavy (non-hydrogen) atoms. The number of anilines is 1. The maximum absolute atomic E-state index is 9.22. The highest BCUT2D eigenvalue weighted by molar-refractivity contribution is 5.86. The molecule has 0 radical (unpaired) electrons. The van der Waals surface area contributed by atoms with E-state index in [0.717, 1.165) is 16.7 Å². The molecule has 6 nitrogen and oxygen atoms in total. The Labute approximate surface area is 115 Å². The van der Waals surface area contributed by atoms with E-state index >= 15 is 0 Å². The molecule has 98 valence electrons. The Kier molecular flexibility index (Phi) is 3.01. The number of para-hydroxylation sites is 1. The van der Waals surface area contributed by atoms with Crippen molar-refractivity contribution in [1.29, 1.82) is 5.26 Å². The molecule has 0 bridgehead atoms. The molecule has 0 aliphatic carbocycles. The smallest absolute Gasteiger partial charge is 0.151 e. The number of aryl methyl sites for hydroxylation is 1. The van der Waals surface area contributed by atoms with Gasteiger partial charge in [0, 0.05) is 12.4 Å². The van der Waals surface area contributed by atoms with Crippen molar-refractivity contribution in [3.8, 4) is 6.07 Å². The molecule has 2 heterocycles. The van der Waals surface area contributed by atoms with Gasteiger partial charge in [-0.25, -0.2) is 4.98 Å². The molecular formula is C14H12N6. The number of rotatable bonds is 3. The van der Waals surface area contributed by atoms with Gasteiger partial charge in [-0.2, -0.15) is 5.26 Å². The summed E-state index contributed by atoms with van der Waals surface area (Å²) in [7, 11) is 1.88. The lowest BCUT2D eigenvalue weighted by molar-refractivity contribution is 0.810. The normalized spacial score (nSPS) is 10.4. The SMILES string of the molecule is Cn1cnnc1CNc1cc(C#N)c2ccccc2n1. The Morgan fingerprint density at radius 2 is 2.20 bits per heavy atom. The number of fused-ring (bicyclic) bond motifs is 1. The molecule has 0 fully saturated rings. The van der Waals surface area contributed by atoms with Crippen LogP contribution >= 0.6 is 0 Å². The minimum Gasteiger partial charge on any atom is -0.363 e. The molecule has 1 aromatic carbocycles. The van der Waals surface area contributed by atoms with Crippen molar-refractivity contribution >= 4 is 16.7 Å². The predicted octanol–water partition coefficient (Wildman–Crippen LogP) is 1.85. The fraction of sp³-hybridized carbons (Fsp3) is 0.143. The van der Waals surface area contributed by atoms with Crippen molar-refractivity contribution < 1.29 is 0 Å². The van der Waals surface area contributed by atoms with Crippen molar-refractivity contribution in [1.82, 2.24) is 19.7 Å². The Bertz CT molecular complexity index is 799. The van der Waals surface area contributed by atoms with E-state index in [1.54, 1.807) is 12.4 Å². The number of nitriles is 1. The van der Waals surface area contributed by atoms with Crippen LogP contribution < -0.4 is 5.32 Å². The van der Waals surface area contributed by atoms with Gasteiger partial charge in [-0.1, -0.05) is 18.2 Å². The highest BCUT2D eigenvalue weighted by atomic mass is 15.3. The van der Waals surface area contributed by atoms with Crippen molar-refractivity contribution in [2.45, 2.75) is 6.54 Å². The summed E-state index contributed by atoms with van der Waals surface area (Å²) in [5, 5.41) is 21.1. The van der Waals surface area contributed by atoms with E-state index < -0.39 is 0 Å². The summed E-state index contributed by atoms with van der Waals surface area (Å²) in [6.07, 6.45) is 1.64. The van der Waals surface area contributed by atoms with Crippen LogP contribution in [-0.2, 0) is 13.6 Å². The minimum atomic E-state index is 0.507. The third-order valence-electron chi connectivity index (χ3n) is 3.07. The number of benzene rings is 1. The largest absolute Gasteiger partial charge is 0.363 e. The van der Waals surface area contributed by atoms with E-state index in [9.17, 15) is 5.26 Å². The summed E-state index contributed by atoms with van der Waals surface area (Å²) in [6.45, 7) is 0.507. The molecule has 0 spiro atoms. The van der Waals surface area contributed by atoms with Gasteiger partial charge < -0.3 is 9.88 Å². The van der Waals surface area contributed by atoms with E-state index in [-0.39, 0.29) is 0 Å². The maximum atomic E-state index is 9.22. The van der Waals surface area contributed by atoms with Crippen LogP contribution in [0, 0.1) is 11.3 Å². The number of nitrogens with one attached hydrogen (secondary N) is 1. The standard InChI is InChI=1S/C14H12N6/c1-20-9-17-19-14(20)8-16-13-6-10(7-15)11-4-2-3-5-12(11)18-13/h2-6,9H,8H2,1H3,(H,16,18). The van der Waals surface area contributed by atoms with Crippen molar-refractivity contribution in [2.75, 3.05) is 5.32 Å². The van der Waals surface area contributed by atoms with Crippen LogP contribution in [0.1, 0.15) is 11.4 Å². The Morgan fingerprint density at radius 1 is 1.35 bits per heavy atom. The summed E-state index contributed by atoms with van der Waals surface area (Å²) in [4.78, 5) is 4.49. The van der Waals surface area contributed by atoms with Crippen molar-refractivity contribution in [3.05, 3.63) is 48.0 Å². The van der Waals surface area contributed by atoms with Crippen LogP contribution in [0.4, 0.5) is 5.82 Å². The molecule has 0 unspecified atom stereocenters. The molecule has 0 amide bonds. The summed E-state index contributed by atoms with van der Waals surface area (Å²) >= 11 is 0. The van der Waals surface area contributed by atoms with Crippen molar-refractivity contribution in [3.63, 3.8) is 0 Å². The summed E-state index contributed by atoms with van der Waals surface area (Å²) < 4.78 is 1.83. The van der Waals surface area contributed by atoms with E-state index in [2.05, 4.69) is 26.6 Å². The van der Waals surface area contributed by atoms with Gasteiger partial charge in [0.05, 0.1) is 23.7 Å². The van der Waals surface area contributed by atoms with Crippen LogP contribution in [0.2, 0.25) is 0 Å². The van der Waals surface area contributed by atoms with Gasteiger partial charge in [-0.3, -0.25) is 0 Å². The van der Waals surface area contributed by atoms with Gasteiger partial charge in [0.25, 0.3) is 0 Å². The van der Waals surface area contributed by atoms with E-state index in [0.29, 0.717) is 17.9 Å². The van der Waals surface area contributed by atoms with Crippen LogP contribution in [-0.4, -0.2) is 19.7 Å². The van der Waals surface area contributed by atoms with Gasteiger partial charge >= 0.3 is 0 Å². The molecule has 2 aromatic heterocycles. The lowest BCUT2D eigenvalue weighted by Crippen LogP contribution is -2.07. The molecule has 0 saturated carbocycles. The Balaban J connectivity index is 1.92. The second-order valence-electron chi connectivity index (χ2n) is 4.40. The zero-order chi connectivity index (χ0) is 13.9. The zero-order valence-corrected chi connectivity index (χ0v) is 10.9. The first kappa shape index (κ1) is 12.1. The lowest BCUT2D eigenvalue weighted by atomic mass is 10.1. The fourth-order valence-electron chi connectivity index (χ4n) is 2.00. The van der Waals surface area contributed by atoms with Crippen LogP contribution in [0.3, 0.4) is 0 Å². The maximum Gasteiger partial charge on any atom is 0.151 e. The first-order valence-corrected chi connectivity index (χ1v) is 6.14. The average Bonchev–Trinajstić information content (AvgIpc) is 2.89. The first-order chi connectivity index (χ1) is 9.78. The van der Waals surface area contributed by atoms with Gasteiger partial charge in [0.15, 0.2) is 5.82 Å². The highest BCUT2D eigenvalue weighted by Gasteiger charge is 2.06. The van der Waals surface area contributed by atoms with E-state index in [1.165, 1.54) is 0 Å². The predicted molar refractivity (Wildman–Crippen MR) is 74.8 cm³/mol. The first-order valence-electron chi connectivity index (χ1n) is 6.14. The lowest BCUT2D eigenvalue weighted by Gasteiger charge is -2.07. The number of aromatic nitrogens is 4. The fourth-order valence-corrected chi connectivity index (χ4v) is 2.00. The molecule has 3 rings (SSSR count). The third kappa shape index (κ3) is 2.17. The summed E-state index contributed by atoms with van der Waals surface area (Å²) in [6, 6.07) is 11.5. The Morgan fingerprint density at radius 3 is 2.95 bits per heavy atom. The van der Waals surface area contributed by atoms with Gasteiger partial charge in [-0.15, -0.1) is 10.2 Å². The number of nitrogens with zero attached hydrogens (tertiary/aromatic N) is 5. The Hall–Kier alpha value is -2.94. The van der Waals surface area contributed by atoms with Gasteiger partial charge in [0.1, 0.15) is 12.1 Å². The second kappa shape index (κ2) is 4.97. The summed E-state index contributed by atoms with van der Waals surface area (Å²) in [5.41, 5.74) is 1.41. The molecule has 1 N–H and O–H groups in total. The van der Waals surface area contributed by atoms with Crippen LogP contribution in [0.15, 0.2) is 36.7 Å². The average molecular weight is 264 g/mol. The molecule has 0 atom stereocenters. The molecule has 0 saturated heterocycles. The van der Waals surface area contributed by atoms with Gasteiger partial charge in [-0.05, 0) is 12.1 Å². The minimum absolute atomic E-state index is 0.507. The summed E-state index contributed by atoms with van der Waals surface area (Å²) in [5.74, 6) is 1.46. The van der Waals surface area contributed by atoms with E-state index in [4.69, 9.17) is 0 Å². The van der Waals surface area contributed by atoms with Crippen molar-refractivity contribution in [2.24, 2.45) is 7.05 Å². The van der Waals surface area contributed by atoms with Crippen LogP contribution in [0.25, 0.3) is 10.9 Å². The molecule has 0 aliphatic rings. The molecular weight excluding hydrogens is 252 g/mol.